The molecule has 0 aliphatic rings. The molecule has 0 N–H and O–H groups in total. The number of hydrogen-bond donors (Lipinski definition) is 0. The molecule has 0 heteroatoms. The lowest BCUT2D eigenvalue weighted by molar-refractivity contribution is 0.825. The number of unbranched alkanes of at least 4 members (excludes halogenated alkanes) is 1. The van der Waals surface area contributed by atoms with E-state index in [9.17, 15) is 0 Å². The third kappa shape index (κ3) is 3.82. The van der Waals surface area contributed by atoms with Crippen LogP contribution in [0.1, 0.15) is 42.9 Å². The largest absolute Gasteiger partial charge is 0.0654 e. The lowest BCUT2D eigenvalue weighted by Gasteiger charge is -2.11. The van der Waals surface area contributed by atoms with E-state index in [1.165, 1.54) is 35.1 Å². The molecule has 0 fully saturated rings. The Morgan fingerprint density at radius 3 is 2.32 bits per heavy atom. The lowest BCUT2D eigenvalue weighted by atomic mass is 9.94. The fourth-order valence-electron chi connectivity index (χ4n) is 2.34. The van der Waals surface area contributed by atoms with E-state index in [0.717, 1.165) is 6.42 Å². The summed E-state index contributed by atoms with van der Waals surface area (Å²) < 4.78 is 0. The molecule has 0 heterocycles. The molecular formula is C19H22. The van der Waals surface area contributed by atoms with E-state index in [2.05, 4.69) is 74.5 Å². The summed E-state index contributed by atoms with van der Waals surface area (Å²) >= 11 is 0. The molecule has 2 rings (SSSR count). The molecule has 0 nitrogen and oxygen atoms in total. The van der Waals surface area contributed by atoms with Crippen molar-refractivity contribution >= 4 is 11.6 Å². The van der Waals surface area contributed by atoms with Crippen LogP contribution in [0.5, 0.6) is 0 Å². The van der Waals surface area contributed by atoms with Crippen LogP contribution in [0, 0.1) is 6.92 Å². The minimum atomic E-state index is 1.15. The quantitative estimate of drug-likeness (QED) is 0.595. The third-order valence-corrected chi connectivity index (χ3v) is 3.43. The van der Waals surface area contributed by atoms with E-state index in [1.54, 1.807) is 0 Å². The summed E-state index contributed by atoms with van der Waals surface area (Å²) in [5.74, 6) is 0. The van der Waals surface area contributed by atoms with Gasteiger partial charge in [0, 0.05) is 0 Å². The molecule has 0 aliphatic carbocycles. The van der Waals surface area contributed by atoms with Crippen molar-refractivity contribution in [2.24, 2.45) is 0 Å². The van der Waals surface area contributed by atoms with Gasteiger partial charge in [-0.05, 0) is 42.0 Å². The minimum absolute atomic E-state index is 1.15. The molecule has 2 aromatic carbocycles. The average Bonchev–Trinajstić information content (AvgIpc) is 2.45. The highest BCUT2D eigenvalue weighted by Gasteiger charge is 2.04. The van der Waals surface area contributed by atoms with Crippen LogP contribution >= 0.6 is 0 Å². The number of benzene rings is 2. The number of aryl methyl sites for hydroxylation is 1. The van der Waals surface area contributed by atoms with E-state index in [1.807, 2.05) is 0 Å². The average molecular weight is 250 g/mol. The van der Waals surface area contributed by atoms with Crippen LogP contribution in [-0.2, 0) is 0 Å². The van der Waals surface area contributed by atoms with Crippen molar-refractivity contribution in [3.8, 4) is 0 Å². The minimum Gasteiger partial charge on any atom is -0.0654 e. The van der Waals surface area contributed by atoms with Gasteiger partial charge in [0.05, 0.1) is 0 Å². The molecule has 0 radical (unpaired) electrons. The Hall–Kier alpha value is -1.82. The van der Waals surface area contributed by atoms with Crippen LogP contribution in [0.4, 0.5) is 0 Å². The zero-order valence-electron chi connectivity index (χ0n) is 11.9. The standard InChI is InChI=1S/C19H22/c1-3-4-13-18(15-17-11-6-5-7-12-17)19-14-9-8-10-16(19)2/h5-12,14-15H,3-4,13H2,1-2H3/b18-15+. The van der Waals surface area contributed by atoms with E-state index in [4.69, 9.17) is 0 Å². The van der Waals surface area contributed by atoms with Crippen molar-refractivity contribution in [2.75, 3.05) is 0 Å². The fraction of sp³-hybridized carbons (Fsp3) is 0.263. The molecular weight excluding hydrogens is 228 g/mol. The molecule has 0 atom stereocenters. The molecule has 0 bridgehead atoms. The second-order valence-corrected chi connectivity index (χ2v) is 5.00. The summed E-state index contributed by atoms with van der Waals surface area (Å²) in [5, 5.41) is 0. The van der Waals surface area contributed by atoms with Gasteiger partial charge in [0.2, 0.25) is 0 Å². The summed E-state index contributed by atoms with van der Waals surface area (Å²) in [4.78, 5) is 0. The van der Waals surface area contributed by atoms with Gasteiger partial charge >= 0.3 is 0 Å². The lowest BCUT2D eigenvalue weighted by Crippen LogP contribution is -1.89. The fourth-order valence-corrected chi connectivity index (χ4v) is 2.34. The zero-order valence-corrected chi connectivity index (χ0v) is 11.9. The summed E-state index contributed by atoms with van der Waals surface area (Å²) in [5.41, 5.74) is 5.49. The highest BCUT2D eigenvalue weighted by atomic mass is 14.1. The molecule has 0 spiro atoms. The van der Waals surface area contributed by atoms with Gasteiger partial charge in [-0.3, -0.25) is 0 Å². The summed E-state index contributed by atoms with van der Waals surface area (Å²) in [6.45, 7) is 4.44. The van der Waals surface area contributed by atoms with Gasteiger partial charge in [0.25, 0.3) is 0 Å². The van der Waals surface area contributed by atoms with E-state index >= 15 is 0 Å². The smallest absolute Gasteiger partial charge is 0.0195 e. The molecule has 0 aromatic heterocycles. The van der Waals surface area contributed by atoms with Gasteiger partial charge < -0.3 is 0 Å². The zero-order chi connectivity index (χ0) is 13.5. The van der Waals surface area contributed by atoms with E-state index < -0.39 is 0 Å². The Bertz CT molecular complexity index is 535. The van der Waals surface area contributed by atoms with Crippen LogP contribution in [0.15, 0.2) is 54.6 Å². The number of rotatable bonds is 5. The van der Waals surface area contributed by atoms with Gasteiger partial charge in [-0.25, -0.2) is 0 Å². The molecule has 2 aromatic rings. The maximum Gasteiger partial charge on any atom is -0.0195 e. The monoisotopic (exact) mass is 250 g/mol. The van der Waals surface area contributed by atoms with Crippen LogP contribution in [0.2, 0.25) is 0 Å². The topological polar surface area (TPSA) is 0 Å². The number of allylic oxidation sites excluding steroid dienone is 1. The van der Waals surface area contributed by atoms with E-state index in [-0.39, 0.29) is 0 Å². The first-order chi connectivity index (χ1) is 9.31. The molecule has 0 saturated carbocycles. The third-order valence-electron chi connectivity index (χ3n) is 3.43. The van der Waals surface area contributed by atoms with Crippen LogP contribution in [0.3, 0.4) is 0 Å². The van der Waals surface area contributed by atoms with Crippen molar-refractivity contribution in [1.82, 2.24) is 0 Å². The summed E-state index contributed by atoms with van der Waals surface area (Å²) in [6, 6.07) is 19.3. The molecule has 98 valence electrons. The Kier molecular flexibility index (Phi) is 4.97. The van der Waals surface area contributed by atoms with Gasteiger partial charge in [-0.15, -0.1) is 0 Å². The molecule has 0 aliphatic heterocycles. The number of hydrogen-bond acceptors (Lipinski definition) is 0. The SMILES string of the molecule is CCCC/C(=C\c1ccccc1)c1ccccc1C. The van der Waals surface area contributed by atoms with Crippen molar-refractivity contribution in [1.29, 1.82) is 0 Å². The molecule has 19 heavy (non-hydrogen) atoms. The van der Waals surface area contributed by atoms with E-state index in [0.29, 0.717) is 0 Å². The first kappa shape index (κ1) is 13.6. The normalized spacial score (nSPS) is 11.6. The molecule has 0 unspecified atom stereocenters. The van der Waals surface area contributed by atoms with Gasteiger partial charge in [-0.2, -0.15) is 0 Å². The second kappa shape index (κ2) is 6.94. The highest BCUT2D eigenvalue weighted by molar-refractivity contribution is 5.82. The summed E-state index contributed by atoms with van der Waals surface area (Å²) in [7, 11) is 0. The van der Waals surface area contributed by atoms with Crippen LogP contribution < -0.4 is 0 Å². The maximum atomic E-state index is 2.33. The predicted molar refractivity (Wildman–Crippen MR) is 85.0 cm³/mol. The highest BCUT2D eigenvalue weighted by Crippen LogP contribution is 2.26. The Balaban J connectivity index is 2.36. The Morgan fingerprint density at radius 2 is 1.63 bits per heavy atom. The first-order valence-corrected chi connectivity index (χ1v) is 7.13. The predicted octanol–water partition coefficient (Wildman–Crippen LogP) is 5.73. The van der Waals surface area contributed by atoms with Crippen LogP contribution in [0.25, 0.3) is 11.6 Å². The first-order valence-electron chi connectivity index (χ1n) is 7.13. The van der Waals surface area contributed by atoms with Crippen molar-refractivity contribution in [3.63, 3.8) is 0 Å². The Labute approximate surface area is 116 Å². The van der Waals surface area contributed by atoms with Crippen molar-refractivity contribution in [3.05, 3.63) is 71.3 Å². The van der Waals surface area contributed by atoms with Gasteiger partial charge in [0.15, 0.2) is 0 Å². The molecule has 0 amide bonds. The van der Waals surface area contributed by atoms with Gasteiger partial charge in [0.1, 0.15) is 0 Å². The van der Waals surface area contributed by atoms with Crippen molar-refractivity contribution < 1.29 is 0 Å². The van der Waals surface area contributed by atoms with Crippen molar-refractivity contribution in [2.45, 2.75) is 33.1 Å². The molecule has 0 saturated heterocycles. The Morgan fingerprint density at radius 1 is 0.947 bits per heavy atom. The summed E-state index contributed by atoms with van der Waals surface area (Å²) in [6.07, 6.45) is 5.96. The van der Waals surface area contributed by atoms with Gasteiger partial charge in [-0.1, -0.05) is 74.0 Å². The van der Waals surface area contributed by atoms with Crippen LogP contribution in [-0.4, -0.2) is 0 Å². The second-order valence-electron chi connectivity index (χ2n) is 5.00. The maximum absolute atomic E-state index is 2.33.